The first kappa shape index (κ1) is 19.9. The quantitative estimate of drug-likeness (QED) is 0.425. The van der Waals surface area contributed by atoms with E-state index in [1.54, 1.807) is 24.5 Å². The molecule has 5 rings (SSSR count). The molecule has 7 nitrogen and oxygen atoms in total. The Morgan fingerprint density at radius 2 is 1.97 bits per heavy atom. The van der Waals surface area contributed by atoms with Crippen molar-refractivity contribution in [3.05, 3.63) is 88.6 Å². The molecule has 1 atom stereocenters. The molecule has 2 aromatic carbocycles. The summed E-state index contributed by atoms with van der Waals surface area (Å²) in [6.07, 6.45) is 3.63. The second-order valence-electron chi connectivity index (χ2n) is 7.63. The summed E-state index contributed by atoms with van der Waals surface area (Å²) in [5.74, 6) is 0.0790. The number of anilines is 1. The number of halogens is 1. The normalized spacial score (nSPS) is 12.3. The number of aromatic nitrogens is 5. The van der Waals surface area contributed by atoms with Gasteiger partial charge in [0, 0.05) is 5.69 Å². The maximum Gasteiger partial charge on any atom is 0.263 e. The minimum Gasteiger partial charge on any atom is -0.360 e. The van der Waals surface area contributed by atoms with Crippen LogP contribution in [0.15, 0.2) is 66.0 Å². The van der Waals surface area contributed by atoms with Gasteiger partial charge in [0.25, 0.3) is 5.56 Å². The van der Waals surface area contributed by atoms with Gasteiger partial charge in [-0.1, -0.05) is 37.3 Å². The Balaban J connectivity index is 1.76. The Morgan fingerprint density at radius 3 is 2.78 bits per heavy atom. The van der Waals surface area contributed by atoms with Gasteiger partial charge >= 0.3 is 0 Å². The number of hydrogen-bond acceptors (Lipinski definition) is 5. The van der Waals surface area contributed by atoms with E-state index >= 15 is 0 Å². The van der Waals surface area contributed by atoms with Crippen molar-refractivity contribution in [2.75, 3.05) is 5.32 Å². The summed E-state index contributed by atoms with van der Waals surface area (Å²) in [6, 6.07) is 13.6. The molecular formula is C24H21FN6O. The van der Waals surface area contributed by atoms with Crippen molar-refractivity contribution < 1.29 is 4.39 Å². The van der Waals surface area contributed by atoms with Crippen LogP contribution in [0, 0.1) is 12.7 Å². The summed E-state index contributed by atoms with van der Waals surface area (Å²) in [5.41, 5.74) is 2.65. The van der Waals surface area contributed by atoms with Crippen LogP contribution in [0.5, 0.6) is 0 Å². The number of fused-ring (bicyclic) bond motifs is 2. The molecule has 0 aliphatic rings. The van der Waals surface area contributed by atoms with Crippen LogP contribution in [-0.4, -0.2) is 24.5 Å². The fraction of sp³-hybridized carbons (Fsp3) is 0.167. The van der Waals surface area contributed by atoms with Crippen LogP contribution in [0.2, 0.25) is 0 Å². The number of benzene rings is 2. The SMILES string of the molecule is CC[C@H](Nc1ncnc2[nH]cnc12)c1cc2cccc(C)c2c(=O)n1-c1ccccc1F. The largest absolute Gasteiger partial charge is 0.360 e. The fourth-order valence-corrected chi connectivity index (χ4v) is 4.11. The average molecular weight is 428 g/mol. The standard InChI is InChI=1S/C24H21FN6O/c1-3-17(30-23-21-22(27-12-26-21)28-13-29-23)19-11-15-8-6-7-14(2)20(15)24(32)31(19)18-10-5-4-9-16(18)25/h4-13,17H,3H2,1-2H3,(H2,26,27,28,29,30)/t17-/m0/s1. The molecule has 32 heavy (non-hydrogen) atoms. The zero-order valence-electron chi connectivity index (χ0n) is 17.6. The first-order valence-electron chi connectivity index (χ1n) is 10.4. The van der Waals surface area contributed by atoms with Crippen molar-refractivity contribution in [1.82, 2.24) is 24.5 Å². The zero-order chi connectivity index (χ0) is 22.2. The van der Waals surface area contributed by atoms with Crippen LogP contribution in [0.4, 0.5) is 10.2 Å². The third-order valence-corrected chi connectivity index (χ3v) is 5.67. The van der Waals surface area contributed by atoms with E-state index in [1.165, 1.54) is 17.0 Å². The van der Waals surface area contributed by atoms with Crippen LogP contribution >= 0.6 is 0 Å². The lowest BCUT2D eigenvalue weighted by Crippen LogP contribution is -2.27. The molecule has 8 heteroatoms. The van der Waals surface area contributed by atoms with Crippen LogP contribution in [0.25, 0.3) is 27.6 Å². The van der Waals surface area contributed by atoms with Crippen molar-refractivity contribution in [1.29, 1.82) is 0 Å². The molecule has 160 valence electrons. The van der Waals surface area contributed by atoms with E-state index in [2.05, 4.69) is 25.3 Å². The lowest BCUT2D eigenvalue weighted by molar-refractivity contribution is 0.606. The monoisotopic (exact) mass is 428 g/mol. The number of nitrogens with one attached hydrogen (secondary N) is 2. The van der Waals surface area contributed by atoms with Gasteiger partial charge in [-0.05, 0) is 42.5 Å². The van der Waals surface area contributed by atoms with E-state index < -0.39 is 5.82 Å². The van der Waals surface area contributed by atoms with E-state index in [0.717, 1.165) is 10.9 Å². The number of aromatic amines is 1. The summed E-state index contributed by atoms with van der Waals surface area (Å²) in [4.78, 5) is 29.5. The lowest BCUT2D eigenvalue weighted by Gasteiger charge is -2.24. The van der Waals surface area contributed by atoms with Gasteiger partial charge in [-0.3, -0.25) is 9.36 Å². The molecule has 0 spiro atoms. The maximum absolute atomic E-state index is 14.9. The van der Waals surface area contributed by atoms with Crippen molar-refractivity contribution in [3.8, 4) is 5.69 Å². The average Bonchev–Trinajstić information content (AvgIpc) is 3.28. The van der Waals surface area contributed by atoms with Gasteiger partial charge in [-0.15, -0.1) is 0 Å². The van der Waals surface area contributed by atoms with Crippen molar-refractivity contribution >= 4 is 27.8 Å². The molecule has 2 N–H and O–H groups in total. The number of aryl methyl sites for hydroxylation is 1. The summed E-state index contributed by atoms with van der Waals surface area (Å²) in [5, 5.41) is 4.78. The Labute approximate surface area is 183 Å². The highest BCUT2D eigenvalue weighted by molar-refractivity contribution is 5.86. The summed E-state index contributed by atoms with van der Waals surface area (Å²) < 4.78 is 16.3. The predicted molar refractivity (Wildman–Crippen MR) is 123 cm³/mol. The minimum absolute atomic E-state index is 0.213. The van der Waals surface area contributed by atoms with Crippen molar-refractivity contribution in [2.45, 2.75) is 26.3 Å². The third kappa shape index (κ3) is 3.20. The Morgan fingerprint density at radius 1 is 1.12 bits per heavy atom. The van der Waals surface area contributed by atoms with Gasteiger partial charge in [0.15, 0.2) is 11.5 Å². The second kappa shape index (κ2) is 7.88. The van der Waals surface area contributed by atoms with Crippen LogP contribution in [0.3, 0.4) is 0 Å². The first-order valence-corrected chi connectivity index (χ1v) is 10.4. The second-order valence-corrected chi connectivity index (χ2v) is 7.63. The molecule has 3 aromatic heterocycles. The van der Waals surface area contributed by atoms with Gasteiger partial charge < -0.3 is 10.3 Å². The Hall–Kier alpha value is -4.07. The molecule has 0 unspecified atom stereocenters. The highest BCUT2D eigenvalue weighted by atomic mass is 19.1. The molecule has 0 aliphatic carbocycles. The van der Waals surface area contributed by atoms with E-state index in [-0.39, 0.29) is 17.3 Å². The molecule has 0 radical (unpaired) electrons. The van der Waals surface area contributed by atoms with Crippen LogP contribution in [0.1, 0.15) is 30.6 Å². The molecule has 0 bridgehead atoms. The highest BCUT2D eigenvalue weighted by Gasteiger charge is 2.22. The highest BCUT2D eigenvalue weighted by Crippen LogP contribution is 2.29. The number of rotatable bonds is 5. The summed E-state index contributed by atoms with van der Waals surface area (Å²) in [6.45, 7) is 3.89. The van der Waals surface area contributed by atoms with Crippen LogP contribution in [-0.2, 0) is 0 Å². The topological polar surface area (TPSA) is 88.5 Å². The number of nitrogens with zero attached hydrogens (tertiary/aromatic N) is 4. The molecule has 0 aliphatic heterocycles. The summed E-state index contributed by atoms with van der Waals surface area (Å²) in [7, 11) is 0. The maximum atomic E-state index is 14.9. The Kier molecular flexibility index (Phi) is 4.89. The molecule has 5 aromatic rings. The van der Waals surface area contributed by atoms with Gasteiger partial charge in [-0.2, -0.15) is 0 Å². The van der Waals surface area contributed by atoms with Crippen LogP contribution < -0.4 is 10.9 Å². The van der Waals surface area contributed by atoms with E-state index in [4.69, 9.17) is 0 Å². The molecule has 3 heterocycles. The Bertz CT molecular complexity index is 1510. The number of H-pyrrole nitrogens is 1. The first-order chi connectivity index (χ1) is 15.6. The van der Waals surface area contributed by atoms with Crippen molar-refractivity contribution in [2.24, 2.45) is 0 Å². The molecule has 0 saturated heterocycles. The third-order valence-electron chi connectivity index (χ3n) is 5.67. The number of para-hydroxylation sites is 1. The fourth-order valence-electron chi connectivity index (χ4n) is 4.11. The van der Waals surface area contributed by atoms with E-state index in [9.17, 15) is 9.18 Å². The summed E-state index contributed by atoms with van der Waals surface area (Å²) >= 11 is 0. The molecule has 0 saturated carbocycles. The van der Waals surface area contributed by atoms with Gasteiger partial charge in [0.1, 0.15) is 17.7 Å². The number of hydrogen-bond donors (Lipinski definition) is 2. The molecular weight excluding hydrogens is 407 g/mol. The molecule has 0 amide bonds. The smallest absolute Gasteiger partial charge is 0.263 e. The minimum atomic E-state index is -0.463. The van der Waals surface area contributed by atoms with Gasteiger partial charge in [0.05, 0.1) is 23.4 Å². The number of imidazole rings is 1. The van der Waals surface area contributed by atoms with Crippen molar-refractivity contribution in [3.63, 3.8) is 0 Å². The van der Waals surface area contributed by atoms with Gasteiger partial charge in [0.2, 0.25) is 0 Å². The van der Waals surface area contributed by atoms with Gasteiger partial charge in [-0.25, -0.2) is 19.3 Å². The lowest BCUT2D eigenvalue weighted by atomic mass is 10.0. The van der Waals surface area contributed by atoms with E-state index in [1.807, 2.05) is 38.1 Å². The number of pyridine rings is 1. The predicted octanol–water partition coefficient (Wildman–Crippen LogP) is 4.67. The molecule has 0 fully saturated rings. The van der Waals surface area contributed by atoms with E-state index in [0.29, 0.717) is 34.5 Å². The zero-order valence-corrected chi connectivity index (χ0v) is 17.6.